The summed E-state index contributed by atoms with van der Waals surface area (Å²) in [6, 6.07) is 18.1. The summed E-state index contributed by atoms with van der Waals surface area (Å²) in [5, 5.41) is 3.73. The third kappa shape index (κ3) is 1.40. The van der Waals surface area contributed by atoms with Crippen molar-refractivity contribution in [2.45, 2.75) is 31.2 Å². The van der Waals surface area contributed by atoms with Crippen LogP contribution < -0.4 is 5.32 Å². The molecule has 0 spiro atoms. The summed E-state index contributed by atoms with van der Waals surface area (Å²) in [5.41, 5.74) is 5.95. The van der Waals surface area contributed by atoms with Crippen LogP contribution in [-0.4, -0.2) is 0 Å². The highest BCUT2D eigenvalue weighted by molar-refractivity contribution is 5.64. The predicted molar refractivity (Wildman–Crippen MR) is 74.9 cm³/mol. The summed E-state index contributed by atoms with van der Waals surface area (Å²) >= 11 is 0. The lowest BCUT2D eigenvalue weighted by Crippen LogP contribution is -2.14. The molecule has 1 N–H and O–H groups in total. The topological polar surface area (TPSA) is 12.0 Å². The van der Waals surface area contributed by atoms with Crippen molar-refractivity contribution in [3.8, 4) is 0 Å². The molecule has 90 valence electrons. The van der Waals surface area contributed by atoms with Gasteiger partial charge in [0, 0.05) is 11.6 Å². The van der Waals surface area contributed by atoms with Crippen LogP contribution in [0.3, 0.4) is 0 Å². The van der Waals surface area contributed by atoms with E-state index >= 15 is 0 Å². The smallest absolute Gasteiger partial charge is 0.0583 e. The lowest BCUT2D eigenvalue weighted by Gasteiger charge is -2.25. The Bertz CT molecular complexity index is 573. The van der Waals surface area contributed by atoms with E-state index in [0.717, 1.165) is 0 Å². The number of hydrogen-bond donors (Lipinski definition) is 1. The number of anilines is 1. The normalized spacial score (nSPS) is 24.4. The Morgan fingerprint density at radius 2 is 1.83 bits per heavy atom. The zero-order valence-electron chi connectivity index (χ0n) is 10.4. The maximum Gasteiger partial charge on any atom is 0.0583 e. The molecule has 2 unspecified atom stereocenters. The second kappa shape index (κ2) is 3.88. The van der Waals surface area contributed by atoms with Crippen LogP contribution in [0.4, 0.5) is 5.69 Å². The monoisotopic (exact) mass is 235 g/mol. The van der Waals surface area contributed by atoms with Crippen molar-refractivity contribution in [3.63, 3.8) is 0 Å². The van der Waals surface area contributed by atoms with Crippen molar-refractivity contribution in [2.75, 3.05) is 5.32 Å². The molecule has 1 aliphatic heterocycles. The number of rotatable bonds is 1. The van der Waals surface area contributed by atoms with Gasteiger partial charge < -0.3 is 5.32 Å². The maximum absolute atomic E-state index is 3.73. The molecule has 0 saturated carbocycles. The van der Waals surface area contributed by atoms with Crippen LogP contribution in [0.1, 0.15) is 41.5 Å². The fourth-order valence-corrected chi connectivity index (χ4v) is 3.63. The van der Waals surface area contributed by atoms with Gasteiger partial charge in [0.25, 0.3) is 0 Å². The molecule has 2 atom stereocenters. The molecule has 2 aromatic rings. The second-order valence-electron chi connectivity index (χ2n) is 5.41. The van der Waals surface area contributed by atoms with Crippen molar-refractivity contribution in [1.82, 2.24) is 0 Å². The lowest BCUT2D eigenvalue weighted by molar-refractivity contribution is 0.520. The Kier molecular flexibility index (Phi) is 2.19. The summed E-state index contributed by atoms with van der Waals surface area (Å²) < 4.78 is 0. The summed E-state index contributed by atoms with van der Waals surface area (Å²) in [6.07, 6.45) is 3.89. The van der Waals surface area contributed by atoms with E-state index in [-0.39, 0.29) is 0 Å². The maximum atomic E-state index is 3.73. The summed E-state index contributed by atoms with van der Waals surface area (Å²) in [4.78, 5) is 0. The van der Waals surface area contributed by atoms with Crippen LogP contribution in [0, 0.1) is 0 Å². The van der Waals surface area contributed by atoms with Gasteiger partial charge >= 0.3 is 0 Å². The molecular weight excluding hydrogens is 218 g/mol. The van der Waals surface area contributed by atoms with Crippen LogP contribution in [0.2, 0.25) is 0 Å². The Labute approximate surface area is 108 Å². The molecule has 1 heteroatoms. The van der Waals surface area contributed by atoms with Gasteiger partial charge in [0.05, 0.1) is 6.04 Å². The molecule has 0 saturated heterocycles. The quantitative estimate of drug-likeness (QED) is 0.778. The molecule has 0 radical (unpaired) electrons. The number of benzene rings is 2. The van der Waals surface area contributed by atoms with Gasteiger partial charge in [-0.25, -0.2) is 0 Å². The lowest BCUT2D eigenvalue weighted by atomic mass is 9.79. The summed E-state index contributed by atoms with van der Waals surface area (Å²) in [5.74, 6) is 0.673. The van der Waals surface area contributed by atoms with E-state index in [9.17, 15) is 0 Å². The predicted octanol–water partition coefficient (Wildman–Crippen LogP) is 4.27. The van der Waals surface area contributed by atoms with Gasteiger partial charge in [-0.1, -0.05) is 42.5 Å². The average molecular weight is 235 g/mol. The van der Waals surface area contributed by atoms with Gasteiger partial charge in [-0.15, -0.1) is 0 Å². The van der Waals surface area contributed by atoms with E-state index in [0.29, 0.717) is 12.0 Å². The first-order valence-corrected chi connectivity index (χ1v) is 6.87. The Morgan fingerprint density at radius 1 is 0.944 bits per heavy atom. The van der Waals surface area contributed by atoms with E-state index in [4.69, 9.17) is 0 Å². The molecular formula is C17H17N. The van der Waals surface area contributed by atoms with Gasteiger partial charge in [0.15, 0.2) is 0 Å². The van der Waals surface area contributed by atoms with Gasteiger partial charge in [-0.05, 0) is 42.0 Å². The highest BCUT2D eigenvalue weighted by Gasteiger charge is 2.36. The third-order valence-corrected chi connectivity index (χ3v) is 4.40. The highest BCUT2D eigenvalue weighted by Crippen LogP contribution is 2.50. The molecule has 2 aliphatic rings. The van der Waals surface area contributed by atoms with Crippen molar-refractivity contribution < 1.29 is 0 Å². The van der Waals surface area contributed by atoms with Crippen molar-refractivity contribution >= 4 is 5.69 Å². The van der Waals surface area contributed by atoms with Crippen LogP contribution >= 0.6 is 0 Å². The van der Waals surface area contributed by atoms with E-state index < -0.39 is 0 Å². The molecule has 0 amide bonds. The number of hydrogen-bond acceptors (Lipinski definition) is 1. The third-order valence-electron chi connectivity index (χ3n) is 4.40. The van der Waals surface area contributed by atoms with E-state index in [2.05, 4.69) is 53.8 Å². The number of nitrogens with one attached hydrogen (secondary N) is 1. The molecule has 4 rings (SSSR count). The molecule has 18 heavy (non-hydrogen) atoms. The van der Waals surface area contributed by atoms with E-state index in [1.165, 1.54) is 30.5 Å². The average Bonchev–Trinajstić information content (AvgIpc) is 2.82. The Morgan fingerprint density at radius 3 is 2.72 bits per heavy atom. The molecule has 2 aromatic carbocycles. The fourth-order valence-electron chi connectivity index (χ4n) is 3.63. The van der Waals surface area contributed by atoms with Crippen molar-refractivity contribution in [2.24, 2.45) is 0 Å². The largest absolute Gasteiger partial charge is 0.377 e. The van der Waals surface area contributed by atoms with Crippen LogP contribution in [0.15, 0.2) is 48.5 Å². The number of aryl methyl sites for hydroxylation is 1. The van der Waals surface area contributed by atoms with E-state index in [1.54, 1.807) is 11.1 Å². The van der Waals surface area contributed by atoms with Crippen molar-refractivity contribution in [3.05, 3.63) is 65.2 Å². The van der Waals surface area contributed by atoms with Gasteiger partial charge in [0.2, 0.25) is 0 Å². The summed E-state index contributed by atoms with van der Waals surface area (Å²) in [6.45, 7) is 0. The minimum Gasteiger partial charge on any atom is -0.377 e. The second-order valence-corrected chi connectivity index (χ2v) is 5.41. The molecule has 1 heterocycles. The first-order valence-electron chi connectivity index (χ1n) is 6.87. The van der Waals surface area contributed by atoms with Gasteiger partial charge in [-0.3, -0.25) is 0 Å². The molecule has 0 fully saturated rings. The van der Waals surface area contributed by atoms with Gasteiger partial charge in [0.1, 0.15) is 0 Å². The first-order chi connectivity index (χ1) is 8.93. The minimum absolute atomic E-state index is 0.475. The fraction of sp³-hybridized carbons (Fsp3) is 0.294. The van der Waals surface area contributed by atoms with Crippen LogP contribution in [-0.2, 0) is 6.42 Å². The summed E-state index contributed by atoms with van der Waals surface area (Å²) in [7, 11) is 0. The van der Waals surface area contributed by atoms with Crippen molar-refractivity contribution in [1.29, 1.82) is 0 Å². The Balaban J connectivity index is 1.81. The zero-order valence-corrected chi connectivity index (χ0v) is 10.4. The first kappa shape index (κ1) is 10.2. The standard InChI is InChI=1S/C17H17N/c1-2-6-13(7-3-1)17-14-10-4-8-12-9-5-11-15(18-17)16(12)14/h1-3,5-7,9,11,14,17-18H,4,8,10H2. The molecule has 1 nitrogen and oxygen atoms in total. The molecule has 0 aromatic heterocycles. The van der Waals surface area contributed by atoms with Crippen LogP contribution in [0.25, 0.3) is 0 Å². The minimum atomic E-state index is 0.475. The zero-order chi connectivity index (χ0) is 11.9. The van der Waals surface area contributed by atoms with Gasteiger partial charge in [-0.2, -0.15) is 0 Å². The highest BCUT2D eigenvalue weighted by atomic mass is 15.0. The molecule has 0 bridgehead atoms. The van der Waals surface area contributed by atoms with E-state index in [1.807, 2.05) is 0 Å². The molecule has 1 aliphatic carbocycles. The Hall–Kier alpha value is -1.76. The SMILES string of the molecule is c1ccc(C2Nc3cccc4c3C2CCC4)cc1. The van der Waals surface area contributed by atoms with Crippen LogP contribution in [0.5, 0.6) is 0 Å².